The second kappa shape index (κ2) is 2.91. The van der Waals surface area contributed by atoms with Crippen LogP contribution in [0.1, 0.15) is 25.7 Å². The molecule has 0 radical (unpaired) electrons. The first-order valence-corrected chi connectivity index (χ1v) is 6.43. The minimum absolute atomic E-state index is 0.861. The van der Waals surface area contributed by atoms with E-state index in [2.05, 4.69) is 17.1 Å². The highest BCUT2D eigenvalue weighted by molar-refractivity contribution is 7.99. The molecule has 1 aliphatic heterocycles. The first-order chi connectivity index (χ1) is 5.93. The summed E-state index contributed by atoms with van der Waals surface area (Å²) in [6.45, 7) is 0. The lowest BCUT2D eigenvalue weighted by Gasteiger charge is -2.19. The van der Waals surface area contributed by atoms with Crippen LogP contribution in [0.4, 0.5) is 0 Å². The third-order valence-corrected chi connectivity index (χ3v) is 4.88. The molecule has 1 saturated heterocycles. The summed E-state index contributed by atoms with van der Waals surface area (Å²) in [6, 6.07) is 1.78. The van der Waals surface area contributed by atoms with Gasteiger partial charge in [0.25, 0.3) is 0 Å². The molecule has 0 aromatic carbocycles. The molecule has 3 fully saturated rings. The van der Waals surface area contributed by atoms with Crippen LogP contribution in [-0.2, 0) is 0 Å². The molecular weight excluding hydrogens is 166 g/mol. The van der Waals surface area contributed by atoms with E-state index in [1.807, 2.05) is 0 Å². The van der Waals surface area contributed by atoms with Crippen molar-refractivity contribution in [3.05, 3.63) is 0 Å². The maximum absolute atomic E-state index is 3.85. The Kier molecular flexibility index (Phi) is 1.87. The highest BCUT2D eigenvalue weighted by Gasteiger charge is 2.48. The molecule has 4 atom stereocenters. The van der Waals surface area contributed by atoms with Gasteiger partial charge >= 0.3 is 0 Å². The van der Waals surface area contributed by atoms with Crippen LogP contribution in [0.25, 0.3) is 0 Å². The molecule has 0 bridgehead atoms. The molecule has 1 N–H and O–H groups in total. The van der Waals surface area contributed by atoms with E-state index in [1.54, 1.807) is 0 Å². The second-order valence-corrected chi connectivity index (χ2v) is 5.72. The summed E-state index contributed by atoms with van der Waals surface area (Å²) in [5.74, 6) is 4.99. The van der Waals surface area contributed by atoms with Crippen LogP contribution in [-0.4, -0.2) is 23.6 Å². The Morgan fingerprint density at radius 3 is 2.75 bits per heavy atom. The van der Waals surface area contributed by atoms with E-state index in [0.717, 1.165) is 23.9 Å². The average molecular weight is 183 g/mol. The number of hydrogen-bond acceptors (Lipinski definition) is 2. The number of thioether (sulfide) groups is 1. The molecule has 3 rings (SSSR count). The molecule has 1 heterocycles. The molecule has 0 aromatic rings. The van der Waals surface area contributed by atoms with E-state index in [0.29, 0.717) is 0 Å². The van der Waals surface area contributed by atoms with Crippen LogP contribution in [0.2, 0.25) is 0 Å². The van der Waals surface area contributed by atoms with Crippen molar-refractivity contribution in [2.24, 2.45) is 11.8 Å². The standard InChI is InChI=1S/C10H17NS/c1-2-10(9-5-7(1)9)11-8-3-4-12-6-8/h7-11H,1-6H2/t7-,8?,9+,10?/m0/s1. The van der Waals surface area contributed by atoms with Crippen molar-refractivity contribution in [3.63, 3.8) is 0 Å². The molecule has 12 heavy (non-hydrogen) atoms. The van der Waals surface area contributed by atoms with Gasteiger partial charge in [-0.05, 0) is 43.3 Å². The topological polar surface area (TPSA) is 12.0 Å². The van der Waals surface area contributed by atoms with Gasteiger partial charge in [-0.2, -0.15) is 11.8 Å². The minimum atomic E-state index is 0.861. The van der Waals surface area contributed by atoms with Gasteiger partial charge in [0, 0.05) is 17.8 Å². The van der Waals surface area contributed by atoms with Gasteiger partial charge in [0.2, 0.25) is 0 Å². The fourth-order valence-corrected chi connectivity index (χ4v) is 4.04. The zero-order valence-corrected chi connectivity index (χ0v) is 8.28. The van der Waals surface area contributed by atoms with Crippen LogP contribution in [0.5, 0.6) is 0 Å². The first-order valence-electron chi connectivity index (χ1n) is 5.27. The monoisotopic (exact) mass is 183 g/mol. The summed E-state index contributed by atoms with van der Waals surface area (Å²) >= 11 is 2.12. The van der Waals surface area contributed by atoms with Crippen LogP contribution in [0.15, 0.2) is 0 Å². The van der Waals surface area contributed by atoms with Crippen LogP contribution >= 0.6 is 11.8 Å². The molecule has 0 amide bonds. The Labute approximate surface area is 78.7 Å². The van der Waals surface area contributed by atoms with E-state index in [9.17, 15) is 0 Å². The number of hydrogen-bond donors (Lipinski definition) is 1. The Morgan fingerprint density at radius 2 is 2.17 bits per heavy atom. The average Bonchev–Trinajstić information content (AvgIpc) is 2.54. The van der Waals surface area contributed by atoms with Crippen LogP contribution < -0.4 is 5.32 Å². The normalized spacial score (nSPS) is 51.0. The summed E-state index contributed by atoms with van der Waals surface area (Å²) in [6.07, 6.45) is 5.94. The van der Waals surface area contributed by atoms with Crippen molar-refractivity contribution in [1.82, 2.24) is 5.32 Å². The summed E-state index contributed by atoms with van der Waals surface area (Å²) in [7, 11) is 0. The highest BCUT2D eigenvalue weighted by Crippen LogP contribution is 2.51. The molecule has 2 heteroatoms. The number of nitrogens with one attached hydrogen (secondary N) is 1. The lowest BCUT2D eigenvalue weighted by atomic mass is 10.1. The maximum Gasteiger partial charge on any atom is 0.0168 e. The Balaban J connectivity index is 1.53. The predicted octanol–water partition coefficient (Wildman–Crippen LogP) is 1.88. The van der Waals surface area contributed by atoms with Crippen LogP contribution in [0.3, 0.4) is 0 Å². The molecule has 2 aliphatic carbocycles. The smallest absolute Gasteiger partial charge is 0.0168 e. The first kappa shape index (κ1) is 7.69. The Hall–Kier alpha value is 0.310. The van der Waals surface area contributed by atoms with Gasteiger partial charge in [0.15, 0.2) is 0 Å². The number of rotatable bonds is 2. The largest absolute Gasteiger partial charge is 0.310 e. The lowest BCUT2D eigenvalue weighted by Crippen LogP contribution is -2.38. The third-order valence-electron chi connectivity index (χ3n) is 3.72. The summed E-state index contributed by atoms with van der Waals surface area (Å²) in [5, 5.41) is 3.85. The highest BCUT2D eigenvalue weighted by atomic mass is 32.2. The van der Waals surface area contributed by atoms with Gasteiger partial charge in [-0.25, -0.2) is 0 Å². The second-order valence-electron chi connectivity index (χ2n) is 4.57. The van der Waals surface area contributed by atoms with Crippen LogP contribution in [0, 0.1) is 11.8 Å². The van der Waals surface area contributed by atoms with Gasteiger partial charge < -0.3 is 5.32 Å². The molecule has 0 aromatic heterocycles. The van der Waals surface area contributed by atoms with E-state index in [4.69, 9.17) is 0 Å². The van der Waals surface area contributed by atoms with Gasteiger partial charge in [0.1, 0.15) is 0 Å². The quantitative estimate of drug-likeness (QED) is 0.701. The maximum atomic E-state index is 3.85. The minimum Gasteiger partial charge on any atom is -0.310 e. The summed E-state index contributed by atoms with van der Waals surface area (Å²) in [4.78, 5) is 0. The van der Waals surface area contributed by atoms with Gasteiger partial charge in [0.05, 0.1) is 0 Å². The lowest BCUT2D eigenvalue weighted by molar-refractivity contribution is 0.421. The fourth-order valence-electron chi connectivity index (χ4n) is 2.88. The van der Waals surface area contributed by atoms with Crippen molar-refractivity contribution in [1.29, 1.82) is 0 Å². The van der Waals surface area contributed by atoms with E-state index in [-0.39, 0.29) is 0 Å². The van der Waals surface area contributed by atoms with Crippen molar-refractivity contribution in [2.45, 2.75) is 37.8 Å². The number of fused-ring (bicyclic) bond motifs is 1. The molecule has 1 nitrogen and oxygen atoms in total. The zero-order valence-electron chi connectivity index (χ0n) is 7.46. The molecule has 2 saturated carbocycles. The van der Waals surface area contributed by atoms with Gasteiger partial charge in [-0.1, -0.05) is 0 Å². The molecule has 3 aliphatic rings. The summed E-state index contributed by atoms with van der Waals surface area (Å²) < 4.78 is 0. The molecular formula is C10H17NS. The van der Waals surface area contributed by atoms with E-state index >= 15 is 0 Å². The Morgan fingerprint density at radius 1 is 1.17 bits per heavy atom. The fraction of sp³-hybridized carbons (Fsp3) is 1.00. The zero-order chi connectivity index (χ0) is 7.97. The van der Waals surface area contributed by atoms with Crippen molar-refractivity contribution >= 4 is 11.8 Å². The SMILES string of the molecule is C1CC(NC2CC[C@H]3C[C@@H]23)CS1. The summed E-state index contributed by atoms with van der Waals surface area (Å²) in [5.41, 5.74) is 0. The molecule has 68 valence electrons. The van der Waals surface area contributed by atoms with Gasteiger partial charge in [-0.15, -0.1) is 0 Å². The van der Waals surface area contributed by atoms with Crippen molar-refractivity contribution in [3.8, 4) is 0 Å². The van der Waals surface area contributed by atoms with Crippen molar-refractivity contribution in [2.75, 3.05) is 11.5 Å². The van der Waals surface area contributed by atoms with E-state index in [1.165, 1.54) is 37.2 Å². The molecule has 2 unspecified atom stereocenters. The van der Waals surface area contributed by atoms with Crippen molar-refractivity contribution < 1.29 is 0 Å². The predicted molar refractivity (Wildman–Crippen MR) is 53.5 cm³/mol. The Bertz CT molecular complexity index is 177. The third kappa shape index (κ3) is 1.29. The van der Waals surface area contributed by atoms with Gasteiger partial charge in [-0.3, -0.25) is 0 Å². The molecule has 0 spiro atoms. The van der Waals surface area contributed by atoms with E-state index < -0.39 is 0 Å².